The summed E-state index contributed by atoms with van der Waals surface area (Å²) >= 11 is 0. The van der Waals surface area contributed by atoms with E-state index in [-0.39, 0.29) is 30.3 Å². The van der Waals surface area contributed by atoms with Gasteiger partial charge < -0.3 is 26.2 Å². The molecule has 0 radical (unpaired) electrons. The van der Waals surface area contributed by atoms with Crippen molar-refractivity contribution in [2.45, 2.75) is 25.8 Å². The molecular weight excluding hydrogens is 388 g/mol. The van der Waals surface area contributed by atoms with Crippen LogP contribution in [-0.2, 0) is 27.2 Å². The van der Waals surface area contributed by atoms with E-state index >= 15 is 0 Å². The van der Waals surface area contributed by atoms with Gasteiger partial charge in [0.1, 0.15) is 6.04 Å². The zero-order valence-corrected chi connectivity index (χ0v) is 16.5. The lowest BCUT2D eigenvalue weighted by Crippen LogP contribution is -2.42. The zero-order valence-electron chi connectivity index (χ0n) is 16.5. The third-order valence-electron chi connectivity index (χ3n) is 4.15. The second-order valence-electron chi connectivity index (χ2n) is 6.48. The lowest BCUT2D eigenvalue weighted by molar-refractivity contribution is -0.142. The van der Waals surface area contributed by atoms with E-state index < -0.39 is 17.9 Å². The van der Waals surface area contributed by atoms with Crippen LogP contribution in [0.1, 0.15) is 28.4 Å². The van der Waals surface area contributed by atoms with Crippen LogP contribution in [0.25, 0.3) is 0 Å². The Bertz CT molecular complexity index is 910. The maximum Gasteiger partial charge on any atom is 0.326 e. The van der Waals surface area contributed by atoms with Gasteiger partial charge in [0.2, 0.25) is 0 Å². The Morgan fingerprint density at radius 3 is 2.20 bits per heavy atom. The van der Waals surface area contributed by atoms with Gasteiger partial charge in [-0.3, -0.25) is 15.0 Å². The van der Waals surface area contributed by atoms with Crippen LogP contribution in [0.4, 0.5) is 5.69 Å². The van der Waals surface area contributed by atoms with Crippen molar-refractivity contribution in [3.8, 4) is 0 Å². The SMILES string of the molecule is CCOC(=O)Cc1ccc(C[C@H](NC(=O)c2ccc(NC(=N)N)cc2)C(=O)O)cc1. The third-order valence-corrected chi connectivity index (χ3v) is 4.15. The Morgan fingerprint density at radius 2 is 1.67 bits per heavy atom. The van der Waals surface area contributed by atoms with Crippen molar-refractivity contribution >= 4 is 29.5 Å². The number of ether oxygens (including phenoxy) is 1. The molecule has 0 bridgehead atoms. The van der Waals surface area contributed by atoms with E-state index in [1.807, 2.05) is 0 Å². The second-order valence-corrected chi connectivity index (χ2v) is 6.48. The van der Waals surface area contributed by atoms with Crippen molar-refractivity contribution in [3.05, 3.63) is 65.2 Å². The molecule has 1 amide bonds. The summed E-state index contributed by atoms with van der Waals surface area (Å²) < 4.78 is 4.90. The van der Waals surface area contributed by atoms with E-state index in [0.29, 0.717) is 17.9 Å². The smallest absolute Gasteiger partial charge is 0.326 e. The number of carbonyl (C=O) groups excluding carboxylic acids is 2. The standard InChI is InChI=1S/C21H24N4O5/c1-2-30-18(26)12-14-5-3-13(4-6-14)11-17(20(28)29)25-19(27)15-7-9-16(10-8-15)24-21(22)23/h3-10,17H,2,11-12H2,1H3,(H,25,27)(H,28,29)(H4,22,23,24)/t17-/m0/s1. The number of rotatable bonds is 9. The Hall–Kier alpha value is -3.88. The van der Waals surface area contributed by atoms with Crippen molar-refractivity contribution < 1.29 is 24.2 Å². The Labute approximate surface area is 173 Å². The van der Waals surface area contributed by atoms with E-state index in [0.717, 1.165) is 5.56 Å². The average molecular weight is 412 g/mol. The first-order valence-corrected chi connectivity index (χ1v) is 9.26. The third kappa shape index (κ3) is 6.93. The quantitative estimate of drug-likeness (QED) is 0.238. The molecule has 2 aromatic carbocycles. The number of nitrogens with two attached hydrogens (primary N) is 1. The summed E-state index contributed by atoms with van der Waals surface area (Å²) in [5, 5.41) is 21.8. The molecule has 2 rings (SSSR count). The Morgan fingerprint density at radius 1 is 1.07 bits per heavy atom. The van der Waals surface area contributed by atoms with Crippen LogP contribution in [0.15, 0.2) is 48.5 Å². The minimum Gasteiger partial charge on any atom is -0.480 e. The molecule has 0 unspecified atom stereocenters. The second kappa shape index (κ2) is 10.6. The van der Waals surface area contributed by atoms with Crippen LogP contribution in [-0.4, -0.2) is 41.6 Å². The highest BCUT2D eigenvalue weighted by molar-refractivity contribution is 5.97. The van der Waals surface area contributed by atoms with Gasteiger partial charge in [0, 0.05) is 17.7 Å². The molecule has 0 aliphatic carbocycles. The number of hydrogen-bond acceptors (Lipinski definition) is 5. The highest BCUT2D eigenvalue weighted by Gasteiger charge is 2.21. The van der Waals surface area contributed by atoms with Gasteiger partial charge in [0.15, 0.2) is 5.96 Å². The van der Waals surface area contributed by atoms with Crippen LogP contribution in [0.2, 0.25) is 0 Å². The Kier molecular flexibility index (Phi) is 7.92. The number of aliphatic carboxylic acids is 1. The summed E-state index contributed by atoms with van der Waals surface area (Å²) in [6.07, 6.45) is 0.229. The topological polar surface area (TPSA) is 155 Å². The van der Waals surface area contributed by atoms with Crippen molar-refractivity contribution in [1.29, 1.82) is 5.41 Å². The molecule has 0 heterocycles. The molecule has 0 aliphatic heterocycles. The summed E-state index contributed by atoms with van der Waals surface area (Å²) in [6.45, 7) is 2.05. The van der Waals surface area contributed by atoms with Crippen molar-refractivity contribution in [2.75, 3.05) is 11.9 Å². The highest BCUT2D eigenvalue weighted by Crippen LogP contribution is 2.11. The molecule has 1 atom stereocenters. The minimum absolute atomic E-state index is 0.0880. The van der Waals surface area contributed by atoms with Crippen LogP contribution in [0.3, 0.4) is 0 Å². The van der Waals surface area contributed by atoms with Gasteiger partial charge in [-0.05, 0) is 42.3 Å². The highest BCUT2D eigenvalue weighted by atomic mass is 16.5. The van der Waals surface area contributed by atoms with Crippen molar-refractivity contribution in [1.82, 2.24) is 5.32 Å². The molecule has 9 heteroatoms. The largest absolute Gasteiger partial charge is 0.480 e. The predicted octanol–water partition coefficient (Wildman–Crippen LogP) is 1.52. The molecule has 0 aromatic heterocycles. The van der Waals surface area contributed by atoms with Crippen LogP contribution < -0.4 is 16.4 Å². The molecule has 0 aliphatic rings. The van der Waals surface area contributed by atoms with Gasteiger partial charge in [0.05, 0.1) is 13.0 Å². The molecular formula is C21H24N4O5. The number of nitrogens with one attached hydrogen (secondary N) is 3. The lowest BCUT2D eigenvalue weighted by Gasteiger charge is -2.15. The first-order chi connectivity index (χ1) is 14.3. The van der Waals surface area contributed by atoms with Gasteiger partial charge in [-0.2, -0.15) is 0 Å². The molecule has 0 spiro atoms. The number of benzene rings is 2. The first kappa shape index (κ1) is 22.4. The molecule has 2 aromatic rings. The van der Waals surface area contributed by atoms with Gasteiger partial charge in [-0.25, -0.2) is 4.79 Å². The predicted molar refractivity (Wildman–Crippen MR) is 111 cm³/mol. The monoisotopic (exact) mass is 412 g/mol. The fourth-order valence-electron chi connectivity index (χ4n) is 2.71. The van der Waals surface area contributed by atoms with E-state index in [4.69, 9.17) is 15.9 Å². The zero-order chi connectivity index (χ0) is 22.1. The van der Waals surface area contributed by atoms with Gasteiger partial charge in [0.25, 0.3) is 5.91 Å². The van der Waals surface area contributed by atoms with Gasteiger partial charge in [-0.1, -0.05) is 24.3 Å². The summed E-state index contributed by atoms with van der Waals surface area (Å²) in [7, 11) is 0. The summed E-state index contributed by atoms with van der Waals surface area (Å²) in [5.41, 5.74) is 7.52. The number of guanidine groups is 1. The summed E-state index contributed by atoms with van der Waals surface area (Å²) in [4.78, 5) is 35.5. The first-order valence-electron chi connectivity index (χ1n) is 9.26. The molecule has 158 valence electrons. The molecule has 30 heavy (non-hydrogen) atoms. The van der Waals surface area contributed by atoms with E-state index in [1.165, 1.54) is 12.1 Å². The maximum absolute atomic E-state index is 12.4. The molecule has 0 saturated carbocycles. The van der Waals surface area contributed by atoms with Crippen LogP contribution in [0, 0.1) is 5.41 Å². The number of carboxylic acids is 1. The minimum atomic E-state index is -1.16. The van der Waals surface area contributed by atoms with E-state index in [9.17, 15) is 19.5 Å². The average Bonchev–Trinajstić information content (AvgIpc) is 2.69. The molecule has 0 fully saturated rings. The van der Waals surface area contributed by atoms with Crippen LogP contribution in [0.5, 0.6) is 0 Å². The van der Waals surface area contributed by atoms with Gasteiger partial charge >= 0.3 is 11.9 Å². The normalized spacial score (nSPS) is 11.2. The molecule has 6 N–H and O–H groups in total. The number of esters is 1. The maximum atomic E-state index is 12.4. The summed E-state index contributed by atoms with van der Waals surface area (Å²) in [6, 6.07) is 11.9. The van der Waals surface area contributed by atoms with Crippen molar-refractivity contribution in [3.63, 3.8) is 0 Å². The molecule has 0 saturated heterocycles. The van der Waals surface area contributed by atoms with Crippen molar-refractivity contribution in [2.24, 2.45) is 5.73 Å². The number of carboxylic acid groups (broad SMARTS) is 1. The van der Waals surface area contributed by atoms with Crippen LogP contribution >= 0.6 is 0 Å². The number of anilines is 1. The van der Waals surface area contributed by atoms with E-state index in [2.05, 4.69) is 10.6 Å². The number of amides is 1. The number of hydrogen-bond donors (Lipinski definition) is 5. The van der Waals surface area contributed by atoms with E-state index in [1.54, 1.807) is 43.3 Å². The lowest BCUT2D eigenvalue weighted by atomic mass is 10.0. The van der Waals surface area contributed by atoms with Gasteiger partial charge in [-0.15, -0.1) is 0 Å². The number of carbonyl (C=O) groups is 3. The fraction of sp³-hybridized carbons (Fsp3) is 0.238. The summed E-state index contributed by atoms with van der Waals surface area (Å²) in [5.74, 6) is -2.25. The molecule has 9 nitrogen and oxygen atoms in total. The Balaban J connectivity index is 2.00. The fourth-order valence-corrected chi connectivity index (χ4v) is 2.71.